The molecule has 2 aromatic carbocycles. The summed E-state index contributed by atoms with van der Waals surface area (Å²) in [5.41, 5.74) is 12.8. The molecule has 0 spiro atoms. The molecule has 36 heteroatoms. The number of benzene rings is 2. The number of nitrogens with zero attached hydrogens (tertiary/aromatic N) is 4. The number of cyclic esters (lactones) is 1. The number of aromatic nitrogens is 2. The van der Waals surface area contributed by atoms with Gasteiger partial charge >= 0.3 is 24.2 Å². The summed E-state index contributed by atoms with van der Waals surface area (Å²) >= 11 is 0. The van der Waals surface area contributed by atoms with Gasteiger partial charge in [-0.25, -0.2) is 24.2 Å². The van der Waals surface area contributed by atoms with E-state index in [0.717, 1.165) is 16.5 Å². The fourth-order valence-corrected chi connectivity index (χ4v) is 11.0. The van der Waals surface area contributed by atoms with Crippen molar-refractivity contribution < 1.29 is 105 Å². The average Bonchev–Trinajstić information content (AvgIpc) is 1.56. The van der Waals surface area contributed by atoms with Crippen molar-refractivity contribution >= 4 is 76.2 Å². The van der Waals surface area contributed by atoms with Crippen LogP contribution >= 0.6 is 0 Å². The highest BCUT2D eigenvalue weighted by Crippen LogP contribution is 2.41. The number of primary amides is 1. The second-order valence-corrected chi connectivity index (χ2v) is 25.4. The maximum atomic E-state index is 13.8. The predicted molar refractivity (Wildman–Crippen MR) is 390 cm³/mol. The maximum absolute atomic E-state index is 13.8. The number of aliphatic hydroxyl groups is 1. The summed E-state index contributed by atoms with van der Waals surface area (Å²) in [6.45, 7) is 12.4. The van der Waals surface area contributed by atoms with Crippen molar-refractivity contribution in [3.63, 3.8) is 0 Å². The van der Waals surface area contributed by atoms with Crippen LogP contribution in [0.3, 0.4) is 0 Å². The minimum absolute atomic E-state index is 0.0189. The second kappa shape index (κ2) is 46.7. The Hall–Kier alpha value is -9.50. The zero-order valence-electron chi connectivity index (χ0n) is 62.4. The molecule has 0 saturated carbocycles. The molecule has 0 saturated heterocycles. The molecule has 10 amide bonds. The van der Waals surface area contributed by atoms with E-state index in [9.17, 15) is 57.8 Å². The Labute approximate surface area is 626 Å². The number of rotatable bonds is 51. The first-order valence-electron chi connectivity index (χ1n) is 36.1. The number of likely N-dealkylation sites (N-methyl/N-ethyl adjacent to an activating group) is 2. The zero-order chi connectivity index (χ0) is 78.4. The fourth-order valence-electron chi connectivity index (χ4n) is 11.0. The Bertz CT molecular complexity index is 3690. The number of hydrogen-bond donors (Lipinski definition) is 10. The Kier molecular flexibility index (Phi) is 37.8. The van der Waals surface area contributed by atoms with Gasteiger partial charge in [0.2, 0.25) is 35.4 Å². The van der Waals surface area contributed by atoms with Gasteiger partial charge in [-0.3, -0.25) is 33.6 Å². The van der Waals surface area contributed by atoms with Crippen molar-refractivity contribution in [2.45, 2.75) is 104 Å². The molecule has 2 aromatic heterocycles. The van der Waals surface area contributed by atoms with Gasteiger partial charge in [0.05, 0.1) is 148 Å². The van der Waals surface area contributed by atoms with E-state index in [2.05, 4.69) is 37.2 Å². The van der Waals surface area contributed by atoms with Crippen LogP contribution in [0.15, 0.2) is 53.3 Å². The van der Waals surface area contributed by atoms with E-state index in [4.69, 9.17) is 68.6 Å². The number of nitrogens with one attached hydrogen (secondary N) is 7. The van der Waals surface area contributed by atoms with Crippen LogP contribution < -0.4 is 59.0 Å². The minimum Gasteiger partial charge on any atom is -0.458 e. The minimum atomic E-state index is -1.96. The summed E-state index contributed by atoms with van der Waals surface area (Å²) < 4.78 is 62.2. The average molecular weight is 1520 g/mol. The number of fused-ring (bicyclic) bond motifs is 5. The van der Waals surface area contributed by atoms with Gasteiger partial charge in [0, 0.05) is 75.5 Å². The summed E-state index contributed by atoms with van der Waals surface area (Å²) in [5.74, 6) is -3.88. The lowest BCUT2D eigenvalue weighted by Crippen LogP contribution is -2.54. The van der Waals surface area contributed by atoms with Crippen molar-refractivity contribution in [3.05, 3.63) is 86.7 Å². The number of carbonyl (C=O) groups is 10. The maximum Gasteiger partial charge on any atom is 0.415 e. The van der Waals surface area contributed by atoms with Gasteiger partial charge in [0.1, 0.15) is 31.0 Å². The molecule has 0 aliphatic carbocycles. The third-order valence-corrected chi connectivity index (χ3v) is 17.1. The van der Waals surface area contributed by atoms with E-state index in [1.54, 1.807) is 73.9 Å². The molecule has 4 aromatic rings. The lowest BCUT2D eigenvalue weighted by atomic mass is 9.86. The molecule has 12 N–H and O–H groups in total. The molecule has 108 heavy (non-hydrogen) atoms. The Morgan fingerprint density at radius 1 is 0.648 bits per heavy atom. The number of nitrogens with two attached hydrogens (primary N) is 2. The molecule has 596 valence electrons. The molecule has 0 bridgehead atoms. The molecular formula is C72H105N13O23. The lowest BCUT2D eigenvalue weighted by molar-refractivity contribution is -0.172. The van der Waals surface area contributed by atoms with Gasteiger partial charge in [-0.2, -0.15) is 0 Å². The highest BCUT2D eigenvalue weighted by atomic mass is 16.6. The van der Waals surface area contributed by atoms with Crippen molar-refractivity contribution in [2.24, 2.45) is 17.4 Å². The fraction of sp³-hybridized carbons (Fsp3) is 0.583. The van der Waals surface area contributed by atoms with Crippen molar-refractivity contribution in [2.75, 3.05) is 171 Å². The van der Waals surface area contributed by atoms with Crippen LogP contribution in [0.1, 0.15) is 87.6 Å². The molecule has 3 atom stereocenters. The standard InChI is InChI=1S/C72H105N13O23/c1-7-51-52-39-50(16-17-56(52)80-64-53(51)44-85-58(64)40-55-54(67(85)92)46-106-68(93)72(55,97)8-2)108-71(96)84(6)22-21-83(5)70(95)107-45-48-12-14-49(15-13-48)79-65(90)57(11-9-19-76-69(74)94)81-66(91)63(47(3)4)82-59(86)18-24-99-26-28-101-30-32-103-34-36-105-38-37-104-35-33-102-31-29-100-27-25-98-23-10-20-75-61(88)42-78-62(89)43-77-60(87)41-73/h12-17,39-40,47,57,63,97H,7-11,18-38,41-46,73H2,1-6H3,(H,75,88)(H,77,87)(H,78,89)(H,79,90)(H,81,91)(H,82,86)(H3,74,76,94)/t57-,63-,72-/m0/s1. The number of esters is 1. The number of amides is 10. The number of carbonyl (C=O) groups excluding carboxylic acids is 10. The molecule has 2 aliphatic heterocycles. The van der Waals surface area contributed by atoms with E-state index in [0.29, 0.717) is 133 Å². The molecule has 0 unspecified atom stereocenters. The summed E-state index contributed by atoms with van der Waals surface area (Å²) in [6, 6.07) is 10.3. The van der Waals surface area contributed by atoms with Gasteiger partial charge in [-0.15, -0.1) is 0 Å². The summed E-state index contributed by atoms with van der Waals surface area (Å²) in [5, 5.41) is 30.1. The topological polar surface area (TPSA) is 470 Å². The Morgan fingerprint density at radius 2 is 1.20 bits per heavy atom. The second-order valence-electron chi connectivity index (χ2n) is 25.4. The number of pyridine rings is 2. The van der Waals surface area contributed by atoms with Crippen LogP contribution in [0, 0.1) is 5.92 Å². The number of aryl methyl sites for hydroxylation is 1. The van der Waals surface area contributed by atoms with Gasteiger partial charge in [-0.05, 0) is 85.5 Å². The first kappa shape index (κ1) is 87.4. The molecule has 4 heterocycles. The largest absolute Gasteiger partial charge is 0.458 e. The van der Waals surface area contributed by atoms with Crippen LogP contribution in [0.2, 0.25) is 0 Å². The molecule has 6 rings (SSSR count). The van der Waals surface area contributed by atoms with Gasteiger partial charge in [0.15, 0.2) is 5.60 Å². The van der Waals surface area contributed by atoms with Gasteiger partial charge in [-0.1, -0.05) is 39.8 Å². The van der Waals surface area contributed by atoms with Crippen molar-refractivity contribution in [1.29, 1.82) is 0 Å². The zero-order valence-corrected chi connectivity index (χ0v) is 62.4. The Balaban J connectivity index is 0.785. The first-order chi connectivity index (χ1) is 52.0. The number of hydrogen-bond acceptors (Lipinski definition) is 25. The lowest BCUT2D eigenvalue weighted by Gasteiger charge is -2.31. The number of anilines is 1. The molecule has 36 nitrogen and oxygen atoms in total. The SMILES string of the molecule is CCc1c2c(nc3ccc(OC(=O)N(C)CCN(C)C(=O)OCc4ccc(NC(=O)[C@H](CCCNC(N)=O)NC(=O)[C@@H](NC(=O)CCOCCOCCOCCOCCOCCOCCOCCOCCCNC(=O)CNC(=O)CNC(=O)CN)C(C)C)cc4)cc13)-c1cc3c(c(=O)n1C2)COC(=O)[C@]3(O)CC. The highest BCUT2D eigenvalue weighted by Gasteiger charge is 2.46. The van der Waals surface area contributed by atoms with Crippen molar-refractivity contribution in [3.8, 4) is 17.1 Å². The van der Waals surface area contributed by atoms with Gasteiger partial charge < -0.3 is 120 Å². The van der Waals surface area contributed by atoms with Crippen LogP contribution in [0.25, 0.3) is 22.3 Å². The van der Waals surface area contributed by atoms with Crippen molar-refractivity contribution in [1.82, 2.24) is 51.3 Å². The summed E-state index contributed by atoms with van der Waals surface area (Å²) in [7, 11) is 3.04. The van der Waals surface area contributed by atoms with Gasteiger partial charge in [0.25, 0.3) is 5.56 Å². The van der Waals surface area contributed by atoms with E-state index in [-0.39, 0.29) is 139 Å². The van der Waals surface area contributed by atoms with E-state index in [1.165, 1.54) is 23.9 Å². The monoisotopic (exact) mass is 1520 g/mol. The summed E-state index contributed by atoms with van der Waals surface area (Å²) in [4.78, 5) is 147. The van der Waals surface area contributed by atoms with E-state index >= 15 is 0 Å². The highest BCUT2D eigenvalue weighted by molar-refractivity contribution is 5.99. The quantitative estimate of drug-likeness (QED) is 0.0188. The molecule has 0 fully saturated rings. The summed E-state index contributed by atoms with van der Waals surface area (Å²) in [6.07, 6.45) is 0.0997. The van der Waals surface area contributed by atoms with Crippen LogP contribution in [-0.2, 0) is 113 Å². The first-order valence-corrected chi connectivity index (χ1v) is 36.1. The van der Waals surface area contributed by atoms with Crippen LogP contribution in [0.4, 0.5) is 20.1 Å². The number of urea groups is 1. The molecule has 2 aliphatic rings. The molecular weight excluding hydrogens is 1410 g/mol. The third-order valence-electron chi connectivity index (χ3n) is 17.1. The van der Waals surface area contributed by atoms with E-state index < -0.39 is 71.4 Å². The Morgan fingerprint density at radius 3 is 1.77 bits per heavy atom. The van der Waals surface area contributed by atoms with Crippen LogP contribution in [0.5, 0.6) is 5.75 Å². The van der Waals surface area contributed by atoms with E-state index in [1.807, 2.05) is 6.92 Å². The smallest absolute Gasteiger partial charge is 0.415 e. The molecule has 0 radical (unpaired) electrons. The third kappa shape index (κ3) is 28.6. The predicted octanol–water partition coefficient (Wildman–Crippen LogP) is 0.574. The van der Waals surface area contributed by atoms with Crippen LogP contribution in [-0.4, -0.2) is 262 Å². The normalized spacial score (nSPS) is 14.0. The number of ether oxygens (including phenoxy) is 11.